The second kappa shape index (κ2) is 7.57. The van der Waals surface area contributed by atoms with Crippen LogP contribution in [0, 0.1) is 0 Å². The summed E-state index contributed by atoms with van der Waals surface area (Å²) in [7, 11) is 0. The van der Waals surface area contributed by atoms with Gasteiger partial charge < -0.3 is 15.0 Å². The Bertz CT molecular complexity index is 759. The van der Waals surface area contributed by atoms with Gasteiger partial charge in [0.2, 0.25) is 5.91 Å². The number of carbonyl (C=O) groups excluding carboxylic acids is 1. The van der Waals surface area contributed by atoms with E-state index < -0.39 is 18.8 Å². The molecule has 1 aromatic heterocycles. The number of anilines is 1. The number of amides is 1. The van der Waals surface area contributed by atoms with Crippen LogP contribution in [-0.4, -0.2) is 36.2 Å². The van der Waals surface area contributed by atoms with Crippen LogP contribution in [0.4, 0.5) is 18.9 Å². The smallest absolute Gasteiger partial charge is 0.422 e. The summed E-state index contributed by atoms with van der Waals surface area (Å²) < 4.78 is 41.1. The van der Waals surface area contributed by atoms with Gasteiger partial charge in [-0.1, -0.05) is 0 Å². The molecule has 1 aliphatic rings. The van der Waals surface area contributed by atoms with Crippen LogP contribution in [0.5, 0.6) is 5.75 Å². The van der Waals surface area contributed by atoms with Gasteiger partial charge in [0.1, 0.15) is 11.8 Å². The van der Waals surface area contributed by atoms with Crippen molar-refractivity contribution in [2.24, 2.45) is 0 Å². The SMILES string of the molecule is CC(Nc1ccc(OCC(F)(F)F)cc1)C(=O)N1CCc2sccc2C1. The predicted molar refractivity (Wildman–Crippen MR) is 94.5 cm³/mol. The van der Waals surface area contributed by atoms with E-state index in [1.807, 2.05) is 10.3 Å². The molecule has 1 aliphatic heterocycles. The van der Waals surface area contributed by atoms with Crippen LogP contribution in [0.15, 0.2) is 35.7 Å². The highest BCUT2D eigenvalue weighted by molar-refractivity contribution is 7.10. The number of ether oxygens (including phenoxy) is 1. The predicted octanol–water partition coefficient (Wildman–Crippen LogP) is 4.07. The molecule has 1 amide bonds. The van der Waals surface area contributed by atoms with E-state index in [4.69, 9.17) is 0 Å². The van der Waals surface area contributed by atoms with E-state index in [1.54, 1.807) is 30.4 Å². The highest BCUT2D eigenvalue weighted by Gasteiger charge is 2.28. The summed E-state index contributed by atoms with van der Waals surface area (Å²) in [5.74, 6) is 0.132. The molecule has 140 valence electrons. The Labute approximate surface area is 153 Å². The Kier molecular flexibility index (Phi) is 5.41. The van der Waals surface area contributed by atoms with E-state index in [0.717, 1.165) is 6.42 Å². The lowest BCUT2D eigenvalue weighted by atomic mass is 10.1. The molecule has 1 aromatic carbocycles. The monoisotopic (exact) mass is 384 g/mol. The van der Waals surface area contributed by atoms with Gasteiger partial charge in [0.15, 0.2) is 6.61 Å². The second-order valence-corrected chi connectivity index (χ2v) is 7.17. The molecule has 0 spiro atoms. The Morgan fingerprint density at radius 3 is 2.73 bits per heavy atom. The molecule has 1 unspecified atom stereocenters. The Morgan fingerprint density at radius 1 is 1.31 bits per heavy atom. The minimum atomic E-state index is -4.37. The van der Waals surface area contributed by atoms with E-state index in [-0.39, 0.29) is 11.7 Å². The Morgan fingerprint density at radius 2 is 2.04 bits per heavy atom. The van der Waals surface area contributed by atoms with Crippen molar-refractivity contribution in [3.8, 4) is 5.75 Å². The number of fused-ring (bicyclic) bond motifs is 1. The van der Waals surface area contributed by atoms with Gasteiger partial charge in [0.05, 0.1) is 0 Å². The summed E-state index contributed by atoms with van der Waals surface area (Å²) in [6, 6.07) is 7.72. The molecule has 26 heavy (non-hydrogen) atoms. The summed E-state index contributed by atoms with van der Waals surface area (Å²) in [6.07, 6.45) is -3.49. The normalized spacial score (nSPS) is 15.3. The number of hydrogen-bond donors (Lipinski definition) is 1. The van der Waals surface area contributed by atoms with Crippen molar-refractivity contribution in [3.05, 3.63) is 46.2 Å². The van der Waals surface area contributed by atoms with Crippen LogP contribution < -0.4 is 10.1 Å². The number of rotatable bonds is 5. The van der Waals surface area contributed by atoms with Crippen molar-refractivity contribution in [1.29, 1.82) is 0 Å². The van der Waals surface area contributed by atoms with Gasteiger partial charge in [-0.15, -0.1) is 11.3 Å². The molecule has 3 rings (SSSR count). The molecule has 0 radical (unpaired) electrons. The number of nitrogens with zero attached hydrogens (tertiary/aromatic N) is 1. The molecule has 0 saturated carbocycles. The number of alkyl halides is 3. The van der Waals surface area contributed by atoms with Crippen LogP contribution in [0.25, 0.3) is 0 Å². The number of nitrogens with one attached hydrogen (secondary N) is 1. The van der Waals surface area contributed by atoms with Gasteiger partial charge in [0, 0.05) is 23.7 Å². The Balaban J connectivity index is 1.54. The zero-order valence-electron chi connectivity index (χ0n) is 14.2. The van der Waals surface area contributed by atoms with Crippen molar-refractivity contribution in [1.82, 2.24) is 4.90 Å². The highest BCUT2D eigenvalue weighted by atomic mass is 32.1. The summed E-state index contributed by atoms with van der Waals surface area (Å²) >= 11 is 1.72. The summed E-state index contributed by atoms with van der Waals surface area (Å²) in [5, 5.41) is 5.13. The van der Waals surface area contributed by atoms with Crippen LogP contribution in [0.2, 0.25) is 0 Å². The lowest BCUT2D eigenvalue weighted by molar-refractivity contribution is -0.153. The third-order valence-corrected chi connectivity index (χ3v) is 5.15. The zero-order valence-corrected chi connectivity index (χ0v) is 15.0. The van der Waals surface area contributed by atoms with Crippen molar-refractivity contribution in [3.63, 3.8) is 0 Å². The molecule has 2 heterocycles. The van der Waals surface area contributed by atoms with Gasteiger partial charge in [-0.05, 0) is 54.6 Å². The first-order chi connectivity index (χ1) is 12.3. The number of hydrogen-bond acceptors (Lipinski definition) is 4. The maximum absolute atomic E-state index is 12.6. The minimum absolute atomic E-state index is 0.000696. The maximum Gasteiger partial charge on any atom is 0.422 e. The van der Waals surface area contributed by atoms with Gasteiger partial charge in [-0.25, -0.2) is 0 Å². The average molecular weight is 384 g/mol. The fraction of sp³-hybridized carbons (Fsp3) is 0.389. The molecule has 2 aromatic rings. The average Bonchev–Trinajstić information content (AvgIpc) is 3.07. The molecule has 4 nitrogen and oxygen atoms in total. The largest absolute Gasteiger partial charge is 0.484 e. The molecule has 1 atom stereocenters. The first-order valence-electron chi connectivity index (χ1n) is 8.22. The van der Waals surface area contributed by atoms with Crippen LogP contribution in [-0.2, 0) is 17.8 Å². The van der Waals surface area contributed by atoms with Crippen molar-refractivity contribution >= 4 is 22.9 Å². The van der Waals surface area contributed by atoms with Crippen molar-refractivity contribution in [2.75, 3.05) is 18.5 Å². The standard InChI is InChI=1S/C18H19F3N2O2S/c1-12(17(24)23-8-6-16-13(10-23)7-9-26-16)22-14-2-4-15(5-3-14)25-11-18(19,20)21/h2-5,7,9,12,22H,6,8,10-11H2,1H3. The fourth-order valence-corrected chi connectivity index (χ4v) is 3.72. The number of halogens is 3. The maximum atomic E-state index is 12.6. The van der Waals surface area contributed by atoms with Crippen molar-refractivity contribution in [2.45, 2.75) is 32.1 Å². The number of benzene rings is 1. The lowest BCUT2D eigenvalue weighted by Gasteiger charge is -2.30. The number of thiophene rings is 1. The first-order valence-corrected chi connectivity index (χ1v) is 9.10. The van der Waals surface area contributed by atoms with Crippen molar-refractivity contribution < 1.29 is 22.7 Å². The van der Waals surface area contributed by atoms with E-state index in [0.29, 0.717) is 18.8 Å². The third-order valence-electron chi connectivity index (χ3n) is 4.13. The van der Waals surface area contributed by atoms with Gasteiger partial charge >= 0.3 is 6.18 Å². The number of carbonyl (C=O) groups is 1. The molecule has 0 aliphatic carbocycles. The fourth-order valence-electron chi connectivity index (χ4n) is 2.83. The summed E-state index contributed by atoms with van der Waals surface area (Å²) in [4.78, 5) is 15.8. The van der Waals surface area contributed by atoms with Crippen LogP contribution in [0.1, 0.15) is 17.4 Å². The molecule has 1 N–H and O–H groups in total. The highest BCUT2D eigenvalue weighted by Crippen LogP contribution is 2.25. The molecular weight excluding hydrogens is 365 g/mol. The molecule has 0 saturated heterocycles. The summed E-state index contributed by atoms with van der Waals surface area (Å²) in [6.45, 7) is 1.77. The Hall–Kier alpha value is -2.22. The topological polar surface area (TPSA) is 41.6 Å². The second-order valence-electron chi connectivity index (χ2n) is 6.17. The van der Waals surface area contributed by atoms with Crippen LogP contribution in [0.3, 0.4) is 0 Å². The van der Waals surface area contributed by atoms with Gasteiger partial charge in [-0.2, -0.15) is 13.2 Å². The van der Waals surface area contributed by atoms with E-state index in [2.05, 4.69) is 16.1 Å². The first kappa shape index (κ1) is 18.6. The van der Waals surface area contributed by atoms with Gasteiger partial charge in [0.25, 0.3) is 0 Å². The molecule has 8 heteroatoms. The quantitative estimate of drug-likeness (QED) is 0.845. The molecule has 0 fully saturated rings. The third kappa shape index (κ3) is 4.69. The lowest BCUT2D eigenvalue weighted by Crippen LogP contribution is -2.43. The van der Waals surface area contributed by atoms with E-state index in [1.165, 1.54) is 22.6 Å². The summed E-state index contributed by atoms with van der Waals surface area (Å²) in [5.41, 5.74) is 1.85. The van der Waals surface area contributed by atoms with Gasteiger partial charge in [-0.3, -0.25) is 4.79 Å². The minimum Gasteiger partial charge on any atom is -0.484 e. The zero-order chi connectivity index (χ0) is 18.7. The van der Waals surface area contributed by atoms with Crippen LogP contribution >= 0.6 is 11.3 Å². The van der Waals surface area contributed by atoms with E-state index in [9.17, 15) is 18.0 Å². The molecular formula is C18H19F3N2O2S. The molecule has 0 bridgehead atoms. The van der Waals surface area contributed by atoms with E-state index >= 15 is 0 Å².